The van der Waals surface area contributed by atoms with Crippen molar-refractivity contribution in [2.75, 3.05) is 13.1 Å². The van der Waals surface area contributed by atoms with Crippen molar-refractivity contribution >= 4 is 15.9 Å². The number of halogens is 3. The van der Waals surface area contributed by atoms with Gasteiger partial charge in [0.05, 0.1) is 4.47 Å². The molecule has 0 saturated heterocycles. The molecule has 0 atom stereocenters. The maximum Gasteiger partial charge on any atom is 0.137 e. The van der Waals surface area contributed by atoms with Gasteiger partial charge in [0.1, 0.15) is 11.6 Å². The number of nitrogens with one attached hydrogen (secondary N) is 1. The highest BCUT2D eigenvalue weighted by Gasteiger charge is 2.07. The highest BCUT2D eigenvalue weighted by molar-refractivity contribution is 9.10. The number of unbranched alkanes of at least 4 members (excludes halogenated alkanes) is 1. The Bertz CT molecular complexity index is 342. The summed E-state index contributed by atoms with van der Waals surface area (Å²) >= 11 is 2.96. The van der Waals surface area contributed by atoms with E-state index in [1.54, 1.807) is 0 Å². The first-order chi connectivity index (χ1) is 7.65. The molecule has 1 rings (SSSR count). The van der Waals surface area contributed by atoms with E-state index in [1.807, 2.05) is 6.92 Å². The predicted molar refractivity (Wildman–Crippen MR) is 65.5 cm³/mol. The van der Waals surface area contributed by atoms with E-state index in [1.165, 1.54) is 12.1 Å². The Kier molecular flexibility index (Phi) is 5.91. The molecule has 0 radical (unpaired) electrons. The fourth-order valence-corrected chi connectivity index (χ4v) is 1.81. The summed E-state index contributed by atoms with van der Waals surface area (Å²) < 4.78 is 26.7. The second-order valence-corrected chi connectivity index (χ2v) is 4.52. The summed E-state index contributed by atoms with van der Waals surface area (Å²) in [7, 11) is 0. The molecule has 0 aromatic heterocycles. The van der Waals surface area contributed by atoms with Crippen LogP contribution < -0.4 is 5.32 Å². The molecule has 0 amide bonds. The van der Waals surface area contributed by atoms with Gasteiger partial charge in [0.2, 0.25) is 0 Å². The topological polar surface area (TPSA) is 12.0 Å². The minimum atomic E-state index is -0.400. The second kappa shape index (κ2) is 6.97. The van der Waals surface area contributed by atoms with E-state index in [9.17, 15) is 8.78 Å². The summed E-state index contributed by atoms with van der Waals surface area (Å²) in [6.07, 6.45) is 2.43. The van der Waals surface area contributed by atoms with Gasteiger partial charge >= 0.3 is 0 Å². The predicted octanol–water partition coefficient (Wildman–Crippen LogP) is 3.66. The van der Waals surface area contributed by atoms with E-state index in [-0.39, 0.29) is 10.3 Å². The van der Waals surface area contributed by atoms with Crippen LogP contribution in [0.1, 0.15) is 25.3 Å². The van der Waals surface area contributed by atoms with Gasteiger partial charge in [-0.2, -0.15) is 0 Å². The maximum atomic E-state index is 13.4. The molecule has 1 aromatic carbocycles. The lowest BCUT2D eigenvalue weighted by Gasteiger charge is -2.05. The number of hydrogen-bond donors (Lipinski definition) is 1. The molecule has 4 heteroatoms. The molecular formula is C12H16BrF2N. The van der Waals surface area contributed by atoms with Crippen molar-refractivity contribution in [2.24, 2.45) is 0 Å². The quantitative estimate of drug-likeness (QED) is 0.623. The molecule has 0 aliphatic rings. The number of aryl methyl sites for hydroxylation is 1. The molecule has 0 unspecified atom stereocenters. The average molecular weight is 292 g/mol. The zero-order valence-corrected chi connectivity index (χ0v) is 10.9. The van der Waals surface area contributed by atoms with Crippen LogP contribution in [0.4, 0.5) is 8.78 Å². The van der Waals surface area contributed by atoms with E-state index in [4.69, 9.17) is 0 Å². The minimum absolute atomic E-state index is 0.182. The molecule has 1 nitrogen and oxygen atoms in total. The first kappa shape index (κ1) is 13.6. The van der Waals surface area contributed by atoms with Crippen LogP contribution in [0.3, 0.4) is 0 Å². The fourth-order valence-electron chi connectivity index (χ4n) is 1.50. The third kappa shape index (κ3) is 4.18. The van der Waals surface area contributed by atoms with E-state index in [0.29, 0.717) is 12.0 Å². The van der Waals surface area contributed by atoms with Gasteiger partial charge in [-0.25, -0.2) is 8.78 Å². The third-order valence-electron chi connectivity index (χ3n) is 2.39. The molecule has 1 aromatic rings. The molecule has 16 heavy (non-hydrogen) atoms. The minimum Gasteiger partial charge on any atom is -0.317 e. The molecule has 1 N–H and O–H groups in total. The number of hydrogen-bond acceptors (Lipinski definition) is 1. The summed E-state index contributed by atoms with van der Waals surface area (Å²) in [5.74, 6) is -0.736. The van der Waals surface area contributed by atoms with Crippen LogP contribution >= 0.6 is 15.9 Å². The Labute approximate surface area is 103 Å². The molecule has 0 saturated carbocycles. The normalized spacial score (nSPS) is 10.8. The first-order valence-electron chi connectivity index (χ1n) is 5.49. The maximum absolute atomic E-state index is 13.4. The molecule has 0 heterocycles. The summed E-state index contributed by atoms with van der Waals surface area (Å²) in [6, 6.07) is 2.46. The van der Waals surface area contributed by atoms with Crippen LogP contribution in [0.2, 0.25) is 0 Å². The average Bonchev–Trinajstić information content (AvgIpc) is 2.25. The standard InChI is InChI=1S/C12H16BrF2N/c1-2-16-6-4-3-5-9-7-12(15)10(13)8-11(9)14/h7-8,16H,2-6H2,1H3. The molecule has 0 bridgehead atoms. The Morgan fingerprint density at radius 2 is 1.94 bits per heavy atom. The summed E-state index contributed by atoms with van der Waals surface area (Å²) in [4.78, 5) is 0. The van der Waals surface area contributed by atoms with Gasteiger partial charge in [0.25, 0.3) is 0 Å². The van der Waals surface area contributed by atoms with Crippen LogP contribution in [0, 0.1) is 11.6 Å². The summed E-state index contributed by atoms with van der Waals surface area (Å²) in [5, 5.41) is 3.19. The lowest BCUT2D eigenvalue weighted by atomic mass is 10.1. The Morgan fingerprint density at radius 1 is 1.19 bits per heavy atom. The molecule has 0 aliphatic carbocycles. The zero-order valence-electron chi connectivity index (χ0n) is 9.32. The molecule has 90 valence electrons. The van der Waals surface area contributed by atoms with Crippen molar-refractivity contribution in [1.82, 2.24) is 5.32 Å². The van der Waals surface area contributed by atoms with Gasteiger partial charge in [-0.1, -0.05) is 6.92 Å². The van der Waals surface area contributed by atoms with Crippen LogP contribution in [-0.4, -0.2) is 13.1 Å². The molecule has 0 fully saturated rings. The number of benzene rings is 1. The van der Waals surface area contributed by atoms with E-state index < -0.39 is 5.82 Å². The van der Waals surface area contributed by atoms with Crippen LogP contribution in [0.5, 0.6) is 0 Å². The lowest BCUT2D eigenvalue weighted by molar-refractivity contribution is 0.569. The zero-order chi connectivity index (χ0) is 12.0. The van der Waals surface area contributed by atoms with Crippen molar-refractivity contribution in [3.63, 3.8) is 0 Å². The SMILES string of the molecule is CCNCCCCc1cc(F)c(Br)cc1F. The molecule has 0 spiro atoms. The van der Waals surface area contributed by atoms with Gasteiger partial charge < -0.3 is 5.32 Å². The van der Waals surface area contributed by atoms with E-state index >= 15 is 0 Å². The van der Waals surface area contributed by atoms with Gasteiger partial charge in [-0.05, 0) is 66.0 Å². The van der Waals surface area contributed by atoms with Crippen molar-refractivity contribution in [3.05, 3.63) is 33.8 Å². The smallest absolute Gasteiger partial charge is 0.137 e. The van der Waals surface area contributed by atoms with Gasteiger partial charge in [-0.3, -0.25) is 0 Å². The molecular weight excluding hydrogens is 276 g/mol. The summed E-state index contributed by atoms with van der Waals surface area (Å²) in [5.41, 5.74) is 0.456. The van der Waals surface area contributed by atoms with E-state index in [0.717, 1.165) is 25.9 Å². The largest absolute Gasteiger partial charge is 0.317 e. The highest BCUT2D eigenvalue weighted by atomic mass is 79.9. The fraction of sp³-hybridized carbons (Fsp3) is 0.500. The van der Waals surface area contributed by atoms with Crippen LogP contribution in [0.25, 0.3) is 0 Å². The van der Waals surface area contributed by atoms with Crippen molar-refractivity contribution in [1.29, 1.82) is 0 Å². The van der Waals surface area contributed by atoms with Crippen molar-refractivity contribution in [2.45, 2.75) is 26.2 Å². The van der Waals surface area contributed by atoms with Crippen molar-refractivity contribution in [3.8, 4) is 0 Å². The van der Waals surface area contributed by atoms with Crippen LogP contribution in [0.15, 0.2) is 16.6 Å². The Hall–Kier alpha value is -0.480. The van der Waals surface area contributed by atoms with Crippen LogP contribution in [-0.2, 0) is 6.42 Å². The first-order valence-corrected chi connectivity index (χ1v) is 6.28. The van der Waals surface area contributed by atoms with Gasteiger partial charge in [0.15, 0.2) is 0 Å². The monoisotopic (exact) mass is 291 g/mol. The Morgan fingerprint density at radius 3 is 2.62 bits per heavy atom. The molecule has 0 aliphatic heterocycles. The third-order valence-corrected chi connectivity index (χ3v) is 3.00. The van der Waals surface area contributed by atoms with Gasteiger partial charge in [-0.15, -0.1) is 0 Å². The Balaban J connectivity index is 2.45. The van der Waals surface area contributed by atoms with Crippen molar-refractivity contribution < 1.29 is 8.78 Å². The number of rotatable bonds is 6. The lowest BCUT2D eigenvalue weighted by Crippen LogP contribution is -2.14. The summed E-state index contributed by atoms with van der Waals surface area (Å²) in [6.45, 7) is 3.92. The van der Waals surface area contributed by atoms with Gasteiger partial charge in [0, 0.05) is 0 Å². The van der Waals surface area contributed by atoms with E-state index in [2.05, 4.69) is 21.2 Å². The second-order valence-electron chi connectivity index (χ2n) is 3.67. The highest BCUT2D eigenvalue weighted by Crippen LogP contribution is 2.21.